The molecular formula is C20H15F2NO. The summed E-state index contributed by atoms with van der Waals surface area (Å²) in [7, 11) is 0. The van der Waals surface area contributed by atoms with Crippen LogP contribution in [-0.4, -0.2) is 12.2 Å². The minimum Gasteiger partial charge on any atom is -0.311 e. The molecule has 3 aromatic carbocycles. The lowest BCUT2D eigenvalue weighted by Crippen LogP contribution is -2.12. The summed E-state index contributed by atoms with van der Waals surface area (Å²) in [5.41, 5.74) is 2.68. The zero-order valence-electron chi connectivity index (χ0n) is 12.8. The van der Waals surface area contributed by atoms with E-state index in [1.54, 1.807) is 12.1 Å². The van der Waals surface area contributed by atoms with Crippen LogP contribution in [-0.2, 0) is 0 Å². The maximum atomic E-state index is 12.5. The quantitative estimate of drug-likeness (QED) is 0.569. The first-order chi connectivity index (χ1) is 11.7. The topological polar surface area (TPSA) is 20.3 Å². The van der Waals surface area contributed by atoms with E-state index in [9.17, 15) is 13.6 Å². The van der Waals surface area contributed by atoms with Gasteiger partial charge in [-0.2, -0.15) is 0 Å². The molecule has 0 radical (unpaired) electrons. The molecule has 0 N–H and O–H groups in total. The zero-order chi connectivity index (χ0) is 16.9. The first-order valence-corrected chi connectivity index (χ1v) is 7.49. The largest absolute Gasteiger partial charge is 0.311 e. The standard InChI is InChI=1S/C20H15F2NO/c21-20(22)19(24)15-11-13-18(14-12-15)23(16-7-3-1-4-8-16)17-9-5-2-6-10-17/h1-14,20H. The van der Waals surface area contributed by atoms with Gasteiger partial charge in [0.2, 0.25) is 5.78 Å². The predicted molar refractivity (Wildman–Crippen MR) is 91.5 cm³/mol. The highest BCUT2D eigenvalue weighted by Crippen LogP contribution is 2.34. The van der Waals surface area contributed by atoms with Crippen LogP contribution in [0.4, 0.5) is 25.8 Å². The van der Waals surface area contributed by atoms with Crippen LogP contribution in [0.5, 0.6) is 0 Å². The number of halogens is 2. The van der Waals surface area contributed by atoms with Crippen molar-refractivity contribution in [2.24, 2.45) is 0 Å². The number of hydrogen-bond donors (Lipinski definition) is 0. The van der Waals surface area contributed by atoms with E-state index >= 15 is 0 Å². The molecule has 0 fully saturated rings. The van der Waals surface area contributed by atoms with Gasteiger partial charge in [-0.1, -0.05) is 36.4 Å². The fourth-order valence-electron chi connectivity index (χ4n) is 2.50. The van der Waals surface area contributed by atoms with E-state index in [0.717, 1.165) is 17.1 Å². The van der Waals surface area contributed by atoms with Gasteiger partial charge in [-0.25, -0.2) is 8.78 Å². The molecule has 0 heterocycles. The number of benzene rings is 3. The van der Waals surface area contributed by atoms with Crippen molar-refractivity contribution in [3.8, 4) is 0 Å². The Hall–Kier alpha value is -3.01. The molecule has 0 aliphatic heterocycles. The van der Waals surface area contributed by atoms with E-state index in [4.69, 9.17) is 0 Å². The van der Waals surface area contributed by atoms with Gasteiger partial charge in [0.05, 0.1) is 0 Å². The van der Waals surface area contributed by atoms with Gasteiger partial charge in [0.1, 0.15) is 0 Å². The van der Waals surface area contributed by atoms with Crippen LogP contribution in [0.15, 0.2) is 84.9 Å². The Labute approximate surface area is 139 Å². The third kappa shape index (κ3) is 3.33. The number of hydrogen-bond acceptors (Lipinski definition) is 2. The normalized spacial score (nSPS) is 10.6. The van der Waals surface area contributed by atoms with E-state index in [-0.39, 0.29) is 5.56 Å². The molecule has 0 atom stereocenters. The van der Waals surface area contributed by atoms with Crippen LogP contribution in [0, 0.1) is 0 Å². The molecule has 2 nitrogen and oxygen atoms in total. The number of alkyl halides is 2. The average Bonchev–Trinajstić information content (AvgIpc) is 2.64. The monoisotopic (exact) mass is 323 g/mol. The van der Waals surface area contributed by atoms with Gasteiger partial charge in [0, 0.05) is 22.6 Å². The Morgan fingerprint density at radius 1 is 0.667 bits per heavy atom. The van der Waals surface area contributed by atoms with Crippen LogP contribution in [0.25, 0.3) is 0 Å². The highest BCUT2D eigenvalue weighted by Gasteiger charge is 2.18. The number of rotatable bonds is 5. The molecule has 3 aromatic rings. The summed E-state index contributed by atoms with van der Waals surface area (Å²) in [5, 5.41) is 0. The highest BCUT2D eigenvalue weighted by molar-refractivity contribution is 5.98. The van der Waals surface area contributed by atoms with Crippen molar-refractivity contribution in [1.29, 1.82) is 0 Å². The van der Waals surface area contributed by atoms with Crippen LogP contribution in [0.1, 0.15) is 10.4 Å². The van der Waals surface area contributed by atoms with E-state index in [2.05, 4.69) is 0 Å². The van der Waals surface area contributed by atoms with Crippen molar-refractivity contribution in [1.82, 2.24) is 0 Å². The lowest BCUT2D eigenvalue weighted by Gasteiger charge is -2.25. The zero-order valence-corrected chi connectivity index (χ0v) is 12.8. The van der Waals surface area contributed by atoms with Gasteiger partial charge < -0.3 is 4.90 Å². The number of Topliss-reactive ketones (excluding diaryl/α,β-unsaturated/α-hetero) is 1. The summed E-state index contributed by atoms with van der Waals surface area (Å²) in [5.74, 6) is -1.16. The van der Waals surface area contributed by atoms with Crippen molar-refractivity contribution in [2.45, 2.75) is 6.43 Å². The number of ketones is 1. The van der Waals surface area contributed by atoms with Crippen molar-refractivity contribution < 1.29 is 13.6 Å². The lowest BCUT2D eigenvalue weighted by atomic mass is 10.1. The summed E-state index contributed by atoms with van der Waals surface area (Å²) in [6.45, 7) is 0. The molecule has 0 spiro atoms. The Balaban J connectivity index is 2.02. The maximum absolute atomic E-state index is 12.5. The van der Waals surface area contributed by atoms with E-state index in [0.29, 0.717) is 0 Å². The SMILES string of the molecule is O=C(c1ccc(N(c2ccccc2)c2ccccc2)cc1)C(F)F. The van der Waals surface area contributed by atoms with Gasteiger partial charge in [0.25, 0.3) is 0 Å². The van der Waals surface area contributed by atoms with Crippen LogP contribution in [0.2, 0.25) is 0 Å². The van der Waals surface area contributed by atoms with E-state index in [1.165, 1.54) is 12.1 Å². The summed E-state index contributed by atoms with van der Waals surface area (Å²) < 4.78 is 25.1. The van der Waals surface area contributed by atoms with Gasteiger partial charge in [0.15, 0.2) is 0 Å². The van der Waals surface area contributed by atoms with E-state index < -0.39 is 12.2 Å². The number of carbonyl (C=O) groups is 1. The third-order valence-electron chi connectivity index (χ3n) is 3.64. The second kappa shape index (κ2) is 7.04. The Bertz CT molecular complexity index is 763. The van der Waals surface area contributed by atoms with E-state index in [1.807, 2.05) is 65.6 Å². The molecule has 0 aliphatic rings. The average molecular weight is 323 g/mol. The second-order valence-electron chi connectivity index (χ2n) is 5.22. The summed E-state index contributed by atoms with van der Waals surface area (Å²) in [4.78, 5) is 13.4. The molecule has 4 heteroatoms. The van der Waals surface area contributed by atoms with Gasteiger partial charge >= 0.3 is 6.43 Å². The predicted octanol–water partition coefficient (Wildman–Crippen LogP) is 5.60. The molecular weight excluding hydrogens is 308 g/mol. The first kappa shape index (κ1) is 15.9. The van der Waals surface area contributed by atoms with Crippen molar-refractivity contribution in [3.63, 3.8) is 0 Å². The minimum atomic E-state index is -2.99. The molecule has 0 saturated carbocycles. The van der Waals surface area contributed by atoms with Crippen LogP contribution >= 0.6 is 0 Å². The smallest absolute Gasteiger partial charge is 0.300 e. The molecule has 24 heavy (non-hydrogen) atoms. The number of anilines is 3. The van der Waals surface area contributed by atoms with Gasteiger partial charge in [-0.05, 0) is 48.5 Å². The minimum absolute atomic E-state index is 0.00910. The fraction of sp³-hybridized carbons (Fsp3) is 0.0500. The molecule has 3 rings (SSSR count). The summed E-state index contributed by atoms with van der Waals surface area (Å²) in [6.07, 6.45) is -2.99. The maximum Gasteiger partial charge on any atom is 0.300 e. The van der Waals surface area contributed by atoms with Crippen molar-refractivity contribution in [3.05, 3.63) is 90.5 Å². The van der Waals surface area contributed by atoms with Gasteiger partial charge in [-0.3, -0.25) is 4.79 Å². The number of carbonyl (C=O) groups excluding carboxylic acids is 1. The van der Waals surface area contributed by atoms with Crippen molar-refractivity contribution in [2.75, 3.05) is 4.90 Å². The number of para-hydroxylation sites is 2. The Morgan fingerprint density at radius 3 is 1.50 bits per heavy atom. The first-order valence-electron chi connectivity index (χ1n) is 7.49. The van der Waals surface area contributed by atoms with Crippen LogP contribution in [0.3, 0.4) is 0 Å². The Morgan fingerprint density at radius 2 is 1.08 bits per heavy atom. The van der Waals surface area contributed by atoms with Crippen molar-refractivity contribution >= 4 is 22.8 Å². The summed E-state index contributed by atoms with van der Waals surface area (Å²) >= 11 is 0. The molecule has 120 valence electrons. The molecule has 0 amide bonds. The van der Waals surface area contributed by atoms with Crippen LogP contribution < -0.4 is 4.90 Å². The molecule has 0 saturated heterocycles. The fourth-order valence-corrected chi connectivity index (χ4v) is 2.50. The highest BCUT2D eigenvalue weighted by atomic mass is 19.3. The molecule has 0 bridgehead atoms. The second-order valence-corrected chi connectivity index (χ2v) is 5.22. The molecule has 0 aliphatic carbocycles. The molecule has 0 unspecified atom stereocenters. The third-order valence-corrected chi connectivity index (χ3v) is 3.64. The molecule has 0 aromatic heterocycles. The van der Waals surface area contributed by atoms with Gasteiger partial charge in [-0.15, -0.1) is 0 Å². The summed E-state index contributed by atoms with van der Waals surface area (Å²) in [6, 6.07) is 25.7. The lowest BCUT2D eigenvalue weighted by molar-refractivity contribution is 0.0679. The number of nitrogens with zero attached hydrogens (tertiary/aromatic N) is 1. The Kier molecular flexibility index (Phi) is 4.66.